The predicted octanol–water partition coefficient (Wildman–Crippen LogP) is 3.11. The van der Waals surface area contributed by atoms with Crippen LogP contribution in [0.4, 0.5) is 0 Å². The Hall–Kier alpha value is -1.99. The number of aliphatic imine (C=N–C) groups is 1. The van der Waals surface area contributed by atoms with Crippen LogP contribution >= 0.6 is 11.8 Å². The van der Waals surface area contributed by atoms with Crippen LogP contribution in [0.1, 0.15) is 18.1 Å². The van der Waals surface area contributed by atoms with Crippen molar-refractivity contribution in [2.45, 2.75) is 29.7 Å². The molecule has 2 aromatic rings. The molecule has 0 bridgehead atoms. The number of sulfone groups is 1. The van der Waals surface area contributed by atoms with Gasteiger partial charge in [0.15, 0.2) is 15.8 Å². The number of benzene rings is 2. The van der Waals surface area contributed by atoms with E-state index in [2.05, 4.69) is 46.1 Å². The summed E-state index contributed by atoms with van der Waals surface area (Å²) in [5.41, 5.74) is 2.25. The third-order valence-corrected chi connectivity index (χ3v) is 5.85. The molecule has 2 N–H and O–H groups in total. The van der Waals surface area contributed by atoms with Gasteiger partial charge in [-0.05, 0) is 55.0 Å². The summed E-state index contributed by atoms with van der Waals surface area (Å²) in [6.45, 7) is 4.16. The van der Waals surface area contributed by atoms with Crippen molar-refractivity contribution < 1.29 is 8.42 Å². The van der Waals surface area contributed by atoms with Crippen LogP contribution in [0.5, 0.6) is 0 Å². The molecule has 0 radical (unpaired) electrons. The van der Waals surface area contributed by atoms with Crippen LogP contribution in [0.25, 0.3) is 0 Å². The Morgan fingerprint density at radius 1 is 1.00 bits per heavy atom. The molecular weight excluding hydrogens is 378 g/mol. The van der Waals surface area contributed by atoms with Crippen LogP contribution in [-0.4, -0.2) is 40.0 Å². The zero-order valence-electron chi connectivity index (χ0n) is 16.0. The topological polar surface area (TPSA) is 70.6 Å². The Morgan fingerprint density at radius 3 is 2.19 bits per heavy atom. The monoisotopic (exact) mass is 405 g/mol. The van der Waals surface area contributed by atoms with Gasteiger partial charge in [0.2, 0.25) is 0 Å². The third kappa shape index (κ3) is 7.27. The van der Waals surface area contributed by atoms with Crippen LogP contribution in [0.2, 0.25) is 0 Å². The van der Waals surface area contributed by atoms with Crippen LogP contribution < -0.4 is 10.6 Å². The van der Waals surface area contributed by atoms with Crippen molar-refractivity contribution >= 4 is 27.6 Å². The summed E-state index contributed by atoms with van der Waals surface area (Å²) in [5.74, 6) is 0.777. The molecule has 0 saturated heterocycles. The summed E-state index contributed by atoms with van der Waals surface area (Å²) in [4.78, 5) is 6.22. The van der Waals surface area contributed by atoms with Crippen molar-refractivity contribution in [3.63, 3.8) is 0 Å². The molecule has 146 valence electrons. The number of guanidine groups is 1. The molecule has 5 nitrogen and oxygen atoms in total. The normalized spacial score (nSPS) is 12.0. The van der Waals surface area contributed by atoms with E-state index in [1.807, 2.05) is 19.1 Å². The summed E-state index contributed by atoms with van der Waals surface area (Å²) in [7, 11) is -3.15. The quantitative estimate of drug-likeness (QED) is 0.401. The number of hydrogen-bond donors (Lipinski definition) is 2. The summed E-state index contributed by atoms with van der Waals surface area (Å²) in [6, 6.07) is 15.4. The summed E-state index contributed by atoms with van der Waals surface area (Å²) in [6.07, 6.45) is 4.07. The maximum atomic E-state index is 11.5. The number of nitrogens with zero attached hydrogens (tertiary/aromatic N) is 1. The summed E-state index contributed by atoms with van der Waals surface area (Å²) in [5, 5.41) is 6.57. The molecule has 0 spiro atoms. The number of thioether (sulfide) groups is 1. The summed E-state index contributed by atoms with van der Waals surface area (Å²) >= 11 is 1.73. The van der Waals surface area contributed by atoms with E-state index in [1.54, 1.807) is 23.9 Å². The standard InChI is InChI=1S/C20H27N3O2S2/c1-4-21-20(23-15-17-5-9-18(26-2)10-6-17)22-14-13-16-7-11-19(12-8-16)27(3,24)25/h5-12H,4,13-15H2,1-3H3,(H2,21,22,23). The average Bonchev–Trinajstić information content (AvgIpc) is 2.66. The minimum absolute atomic E-state index is 0.349. The molecule has 0 unspecified atom stereocenters. The van der Waals surface area contributed by atoms with Crippen LogP contribution in [-0.2, 0) is 22.8 Å². The lowest BCUT2D eigenvalue weighted by Crippen LogP contribution is -2.38. The van der Waals surface area contributed by atoms with E-state index >= 15 is 0 Å². The van der Waals surface area contributed by atoms with Crippen molar-refractivity contribution in [2.75, 3.05) is 25.6 Å². The third-order valence-electron chi connectivity index (χ3n) is 3.98. The smallest absolute Gasteiger partial charge is 0.191 e. The van der Waals surface area contributed by atoms with Gasteiger partial charge in [-0.1, -0.05) is 24.3 Å². The van der Waals surface area contributed by atoms with E-state index in [4.69, 9.17) is 0 Å². The molecule has 0 heterocycles. The first-order valence-electron chi connectivity index (χ1n) is 8.86. The Labute approximate surface area is 166 Å². The maximum absolute atomic E-state index is 11.5. The first kappa shape index (κ1) is 21.3. The molecule has 27 heavy (non-hydrogen) atoms. The zero-order chi connectivity index (χ0) is 19.7. The minimum Gasteiger partial charge on any atom is -0.357 e. The van der Waals surface area contributed by atoms with Crippen LogP contribution in [0.15, 0.2) is 63.3 Å². The number of hydrogen-bond acceptors (Lipinski definition) is 4. The van der Waals surface area contributed by atoms with Gasteiger partial charge >= 0.3 is 0 Å². The first-order valence-corrected chi connectivity index (χ1v) is 12.0. The molecule has 0 atom stereocenters. The Kier molecular flexibility index (Phi) is 8.19. The highest BCUT2D eigenvalue weighted by molar-refractivity contribution is 7.98. The van der Waals surface area contributed by atoms with Crippen LogP contribution in [0, 0.1) is 0 Å². The second-order valence-electron chi connectivity index (χ2n) is 6.14. The van der Waals surface area contributed by atoms with Crippen LogP contribution in [0.3, 0.4) is 0 Å². The van der Waals surface area contributed by atoms with Gasteiger partial charge in [-0.2, -0.15) is 0 Å². The van der Waals surface area contributed by atoms with E-state index in [9.17, 15) is 8.42 Å². The van der Waals surface area contributed by atoms with Gasteiger partial charge in [0.25, 0.3) is 0 Å². The molecule has 0 aromatic heterocycles. The molecule has 2 rings (SSSR count). The Morgan fingerprint density at radius 2 is 1.63 bits per heavy atom. The molecule has 2 aromatic carbocycles. The lowest BCUT2D eigenvalue weighted by Gasteiger charge is -2.11. The van der Waals surface area contributed by atoms with Gasteiger partial charge in [0, 0.05) is 24.2 Å². The molecule has 7 heteroatoms. The molecule has 0 aliphatic rings. The fraction of sp³-hybridized carbons (Fsp3) is 0.350. The highest BCUT2D eigenvalue weighted by Crippen LogP contribution is 2.15. The highest BCUT2D eigenvalue weighted by Gasteiger charge is 2.06. The van der Waals surface area contributed by atoms with E-state index in [0.29, 0.717) is 11.4 Å². The fourth-order valence-electron chi connectivity index (χ4n) is 2.47. The molecule has 0 saturated carbocycles. The van der Waals surface area contributed by atoms with E-state index < -0.39 is 9.84 Å². The number of nitrogens with one attached hydrogen (secondary N) is 2. The minimum atomic E-state index is -3.15. The first-order chi connectivity index (χ1) is 12.9. The average molecular weight is 406 g/mol. The van der Waals surface area contributed by atoms with Gasteiger partial charge in [0.05, 0.1) is 11.4 Å². The van der Waals surface area contributed by atoms with E-state index in [0.717, 1.165) is 31.0 Å². The lowest BCUT2D eigenvalue weighted by molar-refractivity contribution is 0.602. The molecular formula is C20H27N3O2S2. The van der Waals surface area contributed by atoms with Crippen molar-refractivity contribution in [3.8, 4) is 0 Å². The Balaban J connectivity index is 1.89. The lowest BCUT2D eigenvalue weighted by atomic mass is 10.1. The van der Waals surface area contributed by atoms with E-state index in [1.165, 1.54) is 16.7 Å². The van der Waals surface area contributed by atoms with E-state index in [-0.39, 0.29) is 0 Å². The highest BCUT2D eigenvalue weighted by atomic mass is 32.2. The Bertz CT molecular complexity index is 846. The SMILES string of the molecule is CCNC(=NCc1ccc(SC)cc1)NCCc1ccc(S(C)(=O)=O)cc1. The van der Waals surface area contributed by atoms with Gasteiger partial charge in [-0.25, -0.2) is 13.4 Å². The van der Waals surface area contributed by atoms with Crippen molar-refractivity contribution in [2.24, 2.45) is 4.99 Å². The zero-order valence-corrected chi connectivity index (χ0v) is 17.7. The van der Waals surface area contributed by atoms with Gasteiger partial charge < -0.3 is 10.6 Å². The molecule has 0 amide bonds. The summed E-state index contributed by atoms with van der Waals surface area (Å²) < 4.78 is 23.0. The van der Waals surface area contributed by atoms with Crippen molar-refractivity contribution in [3.05, 3.63) is 59.7 Å². The van der Waals surface area contributed by atoms with Gasteiger partial charge in [-0.3, -0.25) is 0 Å². The van der Waals surface area contributed by atoms with Crippen molar-refractivity contribution in [1.82, 2.24) is 10.6 Å². The fourth-order valence-corrected chi connectivity index (χ4v) is 3.51. The largest absolute Gasteiger partial charge is 0.357 e. The predicted molar refractivity (Wildman–Crippen MR) is 114 cm³/mol. The maximum Gasteiger partial charge on any atom is 0.191 e. The molecule has 0 aliphatic carbocycles. The second-order valence-corrected chi connectivity index (χ2v) is 9.03. The van der Waals surface area contributed by atoms with Crippen molar-refractivity contribution in [1.29, 1.82) is 0 Å². The van der Waals surface area contributed by atoms with Gasteiger partial charge in [0.1, 0.15) is 0 Å². The number of rotatable bonds is 8. The molecule has 0 aliphatic heterocycles. The van der Waals surface area contributed by atoms with Gasteiger partial charge in [-0.15, -0.1) is 11.8 Å². The molecule has 0 fully saturated rings. The second kappa shape index (κ2) is 10.4.